The molecule has 0 spiro atoms. The molecule has 2 aromatic carbocycles. The minimum atomic E-state index is 0.491. The molecule has 19 heavy (non-hydrogen) atoms. The topological polar surface area (TPSA) is 35.2 Å². The van der Waals surface area contributed by atoms with E-state index in [1.807, 2.05) is 12.1 Å². The van der Waals surface area contributed by atoms with E-state index < -0.39 is 0 Å². The second-order valence-corrected chi connectivity index (χ2v) is 5.26. The molecule has 0 unspecified atom stereocenters. The maximum Gasteiger partial charge on any atom is 0.123 e. The average Bonchev–Trinajstić information content (AvgIpc) is 2.36. The zero-order valence-corrected chi connectivity index (χ0v) is 12.2. The third-order valence-electron chi connectivity index (χ3n) is 3.22. The standard InChI is InChI=1S/C16H18ClNO/c1-10-6-11(2)12(3)16(7-10)19-9-13-4-5-14(17)15(18)8-13/h4-8H,9,18H2,1-3H3. The summed E-state index contributed by atoms with van der Waals surface area (Å²) < 4.78 is 5.88. The van der Waals surface area contributed by atoms with E-state index in [9.17, 15) is 0 Å². The molecular weight excluding hydrogens is 258 g/mol. The van der Waals surface area contributed by atoms with Gasteiger partial charge in [0.05, 0.1) is 10.7 Å². The minimum absolute atomic E-state index is 0.491. The van der Waals surface area contributed by atoms with Crippen molar-refractivity contribution < 1.29 is 4.74 Å². The maximum absolute atomic E-state index is 5.90. The van der Waals surface area contributed by atoms with Gasteiger partial charge in [-0.25, -0.2) is 0 Å². The van der Waals surface area contributed by atoms with Crippen LogP contribution in [0.5, 0.6) is 5.75 Å². The van der Waals surface area contributed by atoms with E-state index in [0.29, 0.717) is 17.3 Å². The number of halogens is 1. The lowest BCUT2D eigenvalue weighted by atomic mass is 10.1. The summed E-state index contributed by atoms with van der Waals surface area (Å²) in [6.07, 6.45) is 0. The number of nitrogen functional groups attached to an aromatic ring is 1. The van der Waals surface area contributed by atoms with Gasteiger partial charge in [0.25, 0.3) is 0 Å². The number of aryl methyl sites for hydroxylation is 2. The smallest absolute Gasteiger partial charge is 0.123 e. The summed E-state index contributed by atoms with van der Waals surface area (Å²) in [6.45, 7) is 6.72. The molecule has 0 amide bonds. The Morgan fingerprint density at radius 1 is 1.11 bits per heavy atom. The number of benzene rings is 2. The Balaban J connectivity index is 2.16. The van der Waals surface area contributed by atoms with E-state index >= 15 is 0 Å². The van der Waals surface area contributed by atoms with Crippen molar-refractivity contribution in [1.82, 2.24) is 0 Å². The molecule has 0 saturated carbocycles. The first-order chi connectivity index (χ1) is 8.97. The van der Waals surface area contributed by atoms with Gasteiger partial charge in [-0.15, -0.1) is 0 Å². The Morgan fingerprint density at radius 3 is 2.53 bits per heavy atom. The Morgan fingerprint density at radius 2 is 1.84 bits per heavy atom. The maximum atomic E-state index is 5.90. The van der Waals surface area contributed by atoms with Crippen molar-refractivity contribution in [1.29, 1.82) is 0 Å². The van der Waals surface area contributed by atoms with Crippen LogP contribution in [0.3, 0.4) is 0 Å². The normalized spacial score (nSPS) is 10.5. The lowest BCUT2D eigenvalue weighted by Gasteiger charge is -2.13. The van der Waals surface area contributed by atoms with Crippen molar-refractivity contribution in [3.63, 3.8) is 0 Å². The van der Waals surface area contributed by atoms with Crippen molar-refractivity contribution in [3.8, 4) is 5.75 Å². The highest BCUT2D eigenvalue weighted by molar-refractivity contribution is 6.33. The van der Waals surface area contributed by atoms with Crippen molar-refractivity contribution in [2.45, 2.75) is 27.4 Å². The van der Waals surface area contributed by atoms with E-state index in [2.05, 4.69) is 32.9 Å². The average molecular weight is 276 g/mol. The summed E-state index contributed by atoms with van der Waals surface area (Å²) in [4.78, 5) is 0. The van der Waals surface area contributed by atoms with Gasteiger partial charge in [0.15, 0.2) is 0 Å². The van der Waals surface area contributed by atoms with Gasteiger partial charge in [0.1, 0.15) is 12.4 Å². The summed E-state index contributed by atoms with van der Waals surface area (Å²) >= 11 is 5.90. The van der Waals surface area contributed by atoms with E-state index in [1.54, 1.807) is 6.07 Å². The van der Waals surface area contributed by atoms with Gasteiger partial charge >= 0.3 is 0 Å². The molecule has 0 heterocycles. The van der Waals surface area contributed by atoms with Crippen molar-refractivity contribution in [2.24, 2.45) is 0 Å². The second-order valence-electron chi connectivity index (χ2n) is 4.85. The van der Waals surface area contributed by atoms with Gasteiger partial charge in [0.2, 0.25) is 0 Å². The third-order valence-corrected chi connectivity index (χ3v) is 3.56. The number of anilines is 1. The molecule has 0 atom stereocenters. The molecule has 2 nitrogen and oxygen atoms in total. The molecule has 0 fully saturated rings. The van der Waals surface area contributed by atoms with E-state index in [1.165, 1.54) is 16.7 Å². The van der Waals surface area contributed by atoms with Crippen LogP contribution in [0.2, 0.25) is 5.02 Å². The van der Waals surface area contributed by atoms with Crippen LogP contribution in [0.1, 0.15) is 22.3 Å². The van der Waals surface area contributed by atoms with Crippen LogP contribution < -0.4 is 10.5 Å². The summed E-state index contributed by atoms with van der Waals surface area (Å²) in [5.74, 6) is 0.922. The molecule has 2 N–H and O–H groups in total. The predicted octanol–water partition coefficient (Wildman–Crippen LogP) is 4.43. The molecule has 0 aliphatic carbocycles. The zero-order valence-electron chi connectivity index (χ0n) is 11.5. The first-order valence-corrected chi connectivity index (χ1v) is 6.59. The lowest BCUT2D eigenvalue weighted by molar-refractivity contribution is 0.303. The van der Waals surface area contributed by atoms with Crippen LogP contribution in [0.25, 0.3) is 0 Å². The van der Waals surface area contributed by atoms with Crippen LogP contribution >= 0.6 is 11.6 Å². The molecule has 3 heteroatoms. The Kier molecular flexibility index (Phi) is 4.01. The first kappa shape index (κ1) is 13.8. The zero-order chi connectivity index (χ0) is 14.0. The van der Waals surface area contributed by atoms with E-state index in [4.69, 9.17) is 22.1 Å². The molecule has 0 saturated heterocycles. The summed E-state index contributed by atoms with van der Waals surface area (Å²) in [6, 6.07) is 9.78. The number of hydrogen-bond donors (Lipinski definition) is 1. The highest BCUT2D eigenvalue weighted by Gasteiger charge is 2.05. The number of ether oxygens (including phenoxy) is 1. The van der Waals surface area contributed by atoms with Gasteiger partial charge in [-0.3, -0.25) is 0 Å². The predicted molar refractivity (Wildman–Crippen MR) is 80.8 cm³/mol. The molecular formula is C16H18ClNO. The van der Waals surface area contributed by atoms with Crippen molar-refractivity contribution in [2.75, 3.05) is 5.73 Å². The van der Waals surface area contributed by atoms with Gasteiger partial charge in [-0.05, 0) is 61.2 Å². The van der Waals surface area contributed by atoms with Gasteiger partial charge in [-0.2, -0.15) is 0 Å². The largest absolute Gasteiger partial charge is 0.489 e. The van der Waals surface area contributed by atoms with Crippen LogP contribution in [0.15, 0.2) is 30.3 Å². The van der Waals surface area contributed by atoms with Crippen molar-refractivity contribution >= 4 is 17.3 Å². The molecule has 0 aliphatic rings. The number of rotatable bonds is 3. The molecule has 0 radical (unpaired) electrons. The SMILES string of the molecule is Cc1cc(C)c(C)c(OCc2ccc(Cl)c(N)c2)c1. The fraction of sp³-hybridized carbons (Fsp3) is 0.250. The van der Waals surface area contributed by atoms with Crippen LogP contribution in [0, 0.1) is 20.8 Å². The van der Waals surface area contributed by atoms with Crippen LogP contribution in [-0.2, 0) is 6.61 Å². The Labute approximate surface area is 119 Å². The number of hydrogen-bond acceptors (Lipinski definition) is 2. The van der Waals surface area contributed by atoms with Gasteiger partial charge in [0, 0.05) is 0 Å². The minimum Gasteiger partial charge on any atom is -0.489 e. The van der Waals surface area contributed by atoms with Crippen LogP contribution in [-0.4, -0.2) is 0 Å². The second kappa shape index (κ2) is 5.54. The molecule has 100 valence electrons. The van der Waals surface area contributed by atoms with Crippen LogP contribution in [0.4, 0.5) is 5.69 Å². The van der Waals surface area contributed by atoms with E-state index in [0.717, 1.165) is 11.3 Å². The highest BCUT2D eigenvalue weighted by atomic mass is 35.5. The quantitative estimate of drug-likeness (QED) is 0.841. The molecule has 0 bridgehead atoms. The lowest BCUT2D eigenvalue weighted by Crippen LogP contribution is -1.99. The van der Waals surface area contributed by atoms with Crippen molar-refractivity contribution in [3.05, 3.63) is 57.6 Å². The third kappa shape index (κ3) is 3.21. The Hall–Kier alpha value is -1.67. The monoisotopic (exact) mass is 275 g/mol. The summed E-state index contributed by atoms with van der Waals surface area (Å²) in [5, 5.41) is 0.575. The fourth-order valence-electron chi connectivity index (χ4n) is 1.99. The highest BCUT2D eigenvalue weighted by Crippen LogP contribution is 2.25. The van der Waals surface area contributed by atoms with Gasteiger partial charge < -0.3 is 10.5 Å². The summed E-state index contributed by atoms with van der Waals surface area (Å²) in [5.41, 5.74) is 11.0. The molecule has 2 rings (SSSR count). The molecule has 2 aromatic rings. The van der Waals surface area contributed by atoms with Gasteiger partial charge in [-0.1, -0.05) is 23.7 Å². The van der Waals surface area contributed by atoms with E-state index in [-0.39, 0.29) is 0 Å². The Bertz CT molecular complexity index is 608. The number of nitrogens with two attached hydrogens (primary N) is 1. The molecule has 0 aromatic heterocycles. The summed E-state index contributed by atoms with van der Waals surface area (Å²) in [7, 11) is 0. The first-order valence-electron chi connectivity index (χ1n) is 6.22. The fourth-order valence-corrected chi connectivity index (χ4v) is 2.11. The molecule has 0 aliphatic heterocycles.